The van der Waals surface area contributed by atoms with E-state index in [4.69, 9.17) is 9.47 Å². The number of benzene rings is 2. The summed E-state index contributed by atoms with van der Waals surface area (Å²) in [6.07, 6.45) is 0. The van der Waals surface area contributed by atoms with Crippen LogP contribution >= 0.6 is 31.9 Å². The molecule has 2 aromatic rings. The van der Waals surface area contributed by atoms with Gasteiger partial charge in [-0.2, -0.15) is 0 Å². The molecule has 2 aromatic carbocycles. The molecule has 5 heteroatoms. The second kappa shape index (κ2) is 6.39. The summed E-state index contributed by atoms with van der Waals surface area (Å²) in [5.74, 6) is 0.989. The summed E-state index contributed by atoms with van der Waals surface area (Å²) in [4.78, 5) is 0. The number of hydrogen-bond donors (Lipinski definition) is 0. The smallest absolute Gasteiger partial charge is 0.175 e. The molecule has 2 nitrogen and oxygen atoms in total. The lowest BCUT2D eigenvalue weighted by atomic mass is 10.2. The Morgan fingerprint density at radius 3 is 2.58 bits per heavy atom. The van der Waals surface area contributed by atoms with Crippen LogP contribution in [0.4, 0.5) is 4.39 Å². The third-order valence-corrected chi connectivity index (χ3v) is 3.90. The average Bonchev–Trinajstić information content (AvgIpc) is 2.39. The van der Waals surface area contributed by atoms with Gasteiger partial charge in [-0.05, 0) is 40.2 Å². The zero-order valence-corrected chi connectivity index (χ0v) is 13.3. The first-order valence-corrected chi connectivity index (χ1v) is 7.09. The van der Waals surface area contributed by atoms with Gasteiger partial charge in [0.2, 0.25) is 0 Å². The predicted molar refractivity (Wildman–Crippen MR) is 79.1 cm³/mol. The molecule has 0 amide bonds. The number of hydrogen-bond acceptors (Lipinski definition) is 2. The van der Waals surface area contributed by atoms with Crippen molar-refractivity contribution in [2.24, 2.45) is 0 Å². The molecule has 0 unspecified atom stereocenters. The highest BCUT2D eigenvalue weighted by Gasteiger charge is 2.10. The number of rotatable bonds is 4. The topological polar surface area (TPSA) is 18.5 Å². The standard InChI is InChI=1S/C14H11Br2FO2/c1-18-13-4-2-3-11(15)14(13)19-8-9-5-6-10(17)7-12(9)16/h2-7H,8H2,1H3. The Hall–Kier alpha value is -1.07. The molecule has 0 aromatic heterocycles. The Labute approximate surface area is 127 Å². The van der Waals surface area contributed by atoms with Crippen LogP contribution in [-0.4, -0.2) is 7.11 Å². The fourth-order valence-corrected chi connectivity index (χ4v) is 2.51. The van der Waals surface area contributed by atoms with E-state index in [1.165, 1.54) is 12.1 Å². The van der Waals surface area contributed by atoms with E-state index in [0.717, 1.165) is 10.0 Å². The normalized spacial score (nSPS) is 10.3. The second-order valence-electron chi connectivity index (χ2n) is 3.80. The van der Waals surface area contributed by atoms with E-state index < -0.39 is 0 Å². The van der Waals surface area contributed by atoms with Crippen LogP contribution in [0.3, 0.4) is 0 Å². The minimum absolute atomic E-state index is 0.283. The van der Waals surface area contributed by atoms with Crippen molar-refractivity contribution in [3.63, 3.8) is 0 Å². The van der Waals surface area contributed by atoms with Crippen molar-refractivity contribution in [2.75, 3.05) is 7.11 Å². The largest absolute Gasteiger partial charge is 0.493 e. The van der Waals surface area contributed by atoms with E-state index in [9.17, 15) is 4.39 Å². The monoisotopic (exact) mass is 388 g/mol. The molecule has 0 aliphatic heterocycles. The van der Waals surface area contributed by atoms with E-state index in [2.05, 4.69) is 31.9 Å². The highest BCUT2D eigenvalue weighted by atomic mass is 79.9. The summed E-state index contributed by atoms with van der Waals surface area (Å²) in [6.45, 7) is 0.319. The maximum absolute atomic E-state index is 13.0. The number of ether oxygens (including phenoxy) is 2. The Balaban J connectivity index is 2.19. The van der Waals surface area contributed by atoms with E-state index in [1.54, 1.807) is 13.2 Å². The van der Waals surface area contributed by atoms with Gasteiger partial charge in [-0.15, -0.1) is 0 Å². The molecule has 2 rings (SSSR count). The summed E-state index contributed by atoms with van der Waals surface area (Å²) in [5.41, 5.74) is 0.860. The van der Waals surface area contributed by atoms with Crippen LogP contribution in [0, 0.1) is 5.82 Å². The Kier molecular flexibility index (Phi) is 4.82. The van der Waals surface area contributed by atoms with Crippen LogP contribution in [0.15, 0.2) is 45.3 Å². The van der Waals surface area contributed by atoms with Crippen molar-refractivity contribution in [1.82, 2.24) is 0 Å². The lowest BCUT2D eigenvalue weighted by Crippen LogP contribution is -1.99. The highest BCUT2D eigenvalue weighted by molar-refractivity contribution is 9.10. The molecule has 19 heavy (non-hydrogen) atoms. The van der Waals surface area contributed by atoms with Gasteiger partial charge < -0.3 is 9.47 Å². The van der Waals surface area contributed by atoms with Crippen molar-refractivity contribution in [2.45, 2.75) is 6.61 Å². The molecular formula is C14H11Br2FO2. The highest BCUT2D eigenvalue weighted by Crippen LogP contribution is 2.35. The first-order chi connectivity index (χ1) is 9.11. The molecule has 100 valence electrons. The molecule has 0 spiro atoms. The summed E-state index contributed by atoms with van der Waals surface area (Å²) in [5, 5.41) is 0. The third kappa shape index (κ3) is 3.48. The lowest BCUT2D eigenvalue weighted by Gasteiger charge is -2.13. The van der Waals surface area contributed by atoms with Gasteiger partial charge in [0, 0.05) is 10.0 Å². The van der Waals surface area contributed by atoms with Crippen molar-refractivity contribution in [3.8, 4) is 11.5 Å². The van der Waals surface area contributed by atoms with Gasteiger partial charge in [0.1, 0.15) is 12.4 Å². The van der Waals surface area contributed by atoms with Gasteiger partial charge >= 0.3 is 0 Å². The summed E-state index contributed by atoms with van der Waals surface area (Å²) >= 11 is 6.73. The SMILES string of the molecule is COc1cccc(Br)c1OCc1ccc(F)cc1Br. The Morgan fingerprint density at radius 1 is 1.11 bits per heavy atom. The van der Waals surface area contributed by atoms with Gasteiger partial charge in [0.15, 0.2) is 11.5 Å². The van der Waals surface area contributed by atoms with Crippen LogP contribution in [0.1, 0.15) is 5.56 Å². The predicted octanol–water partition coefficient (Wildman–Crippen LogP) is 4.94. The average molecular weight is 390 g/mol. The molecular weight excluding hydrogens is 379 g/mol. The fraction of sp³-hybridized carbons (Fsp3) is 0.143. The molecule has 0 aliphatic carbocycles. The van der Waals surface area contributed by atoms with Crippen molar-refractivity contribution in [3.05, 3.63) is 56.7 Å². The minimum atomic E-state index is -0.283. The molecule has 0 saturated heterocycles. The maximum Gasteiger partial charge on any atom is 0.175 e. The molecule has 0 aliphatic rings. The van der Waals surface area contributed by atoms with E-state index in [0.29, 0.717) is 22.6 Å². The van der Waals surface area contributed by atoms with E-state index >= 15 is 0 Å². The van der Waals surface area contributed by atoms with Crippen molar-refractivity contribution >= 4 is 31.9 Å². The molecule has 0 N–H and O–H groups in total. The van der Waals surface area contributed by atoms with E-state index in [-0.39, 0.29) is 5.82 Å². The molecule has 0 fully saturated rings. The molecule has 0 atom stereocenters. The van der Waals surface area contributed by atoms with Crippen molar-refractivity contribution in [1.29, 1.82) is 0 Å². The number of methoxy groups -OCH3 is 1. The first-order valence-electron chi connectivity index (χ1n) is 5.51. The van der Waals surface area contributed by atoms with Crippen LogP contribution < -0.4 is 9.47 Å². The van der Waals surface area contributed by atoms with E-state index in [1.807, 2.05) is 18.2 Å². The maximum atomic E-state index is 13.0. The van der Waals surface area contributed by atoms with Gasteiger partial charge in [0.05, 0.1) is 11.6 Å². The van der Waals surface area contributed by atoms with Crippen molar-refractivity contribution < 1.29 is 13.9 Å². The van der Waals surface area contributed by atoms with Crippen LogP contribution in [0.5, 0.6) is 11.5 Å². The zero-order chi connectivity index (χ0) is 13.8. The van der Waals surface area contributed by atoms with Gasteiger partial charge in [0.25, 0.3) is 0 Å². The lowest BCUT2D eigenvalue weighted by molar-refractivity contribution is 0.282. The number of para-hydroxylation sites is 1. The molecule has 0 radical (unpaired) electrons. The quantitative estimate of drug-likeness (QED) is 0.737. The molecule has 0 heterocycles. The minimum Gasteiger partial charge on any atom is -0.493 e. The second-order valence-corrected chi connectivity index (χ2v) is 5.50. The van der Waals surface area contributed by atoms with Crippen LogP contribution in [-0.2, 0) is 6.61 Å². The summed E-state index contributed by atoms with van der Waals surface area (Å²) in [7, 11) is 1.59. The number of halogens is 3. The van der Waals surface area contributed by atoms with Gasteiger partial charge in [-0.25, -0.2) is 4.39 Å². The Bertz CT molecular complexity index is 588. The van der Waals surface area contributed by atoms with Gasteiger partial charge in [-0.3, -0.25) is 0 Å². The van der Waals surface area contributed by atoms with Gasteiger partial charge in [-0.1, -0.05) is 28.1 Å². The van der Waals surface area contributed by atoms with Crippen LogP contribution in [0.2, 0.25) is 0 Å². The Morgan fingerprint density at radius 2 is 1.89 bits per heavy atom. The fourth-order valence-electron chi connectivity index (χ4n) is 1.58. The zero-order valence-electron chi connectivity index (χ0n) is 10.1. The summed E-state index contributed by atoms with van der Waals surface area (Å²) < 4.78 is 25.5. The molecule has 0 saturated carbocycles. The summed E-state index contributed by atoms with van der Waals surface area (Å²) in [6, 6.07) is 10.1. The first kappa shape index (κ1) is 14.3. The van der Waals surface area contributed by atoms with Crippen LogP contribution in [0.25, 0.3) is 0 Å². The third-order valence-electron chi connectivity index (χ3n) is 2.54. The molecule has 0 bridgehead atoms.